The maximum atomic E-state index is 12.0. The Kier molecular flexibility index (Phi) is 4.42. The van der Waals surface area contributed by atoms with Crippen LogP contribution < -0.4 is 10.6 Å². The van der Waals surface area contributed by atoms with Gasteiger partial charge >= 0.3 is 6.03 Å². The van der Waals surface area contributed by atoms with Crippen molar-refractivity contribution in [1.29, 1.82) is 0 Å². The molecule has 0 bridgehead atoms. The number of amides is 3. The fourth-order valence-corrected chi connectivity index (χ4v) is 2.64. The van der Waals surface area contributed by atoms with E-state index in [1.807, 2.05) is 0 Å². The predicted molar refractivity (Wildman–Crippen MR) is 80.1 cm³/mol. The first kappa shape index (κ1) is 15.0. The number of hydrogen-bond donors (Lipinski definition) is 2. The number of hydrogen-bond acceptors (Lipinski definition) is 4. The van der Waals surface area contributed by atoms with E-state index in [2.05, 4.69) is 20.6 Å². The number of urea groups is 1. The van der Waals surface area contributed by atoms with Crippen LogP contribution in [0.15, 0.2) is 12.4 Å². The van der Waals surface area contributed by atoms with Crippen LogP contribution in [0.25, 0.3) is 0 Å². The first-order valence-electron chi connectivity index (χ1n) is 7.42. The molecular formula is C14H18ClN5O2. The second-order valence-corrected chi connectivity index (χ2v) is 6.05. The van der Waals surface area contributed by atoms with Gasteiger partial charge in [0.2, 0.25) is 5.91 Å². The summed E-state index contributed by atoms with van der Waals surface area (Å²) in [6, 6.07) is -0.116. The van der Waals surface area contributed by atoms with Crippen molar-refractivity contribution in [3.63, 3.8) is 0 Å². The maximum Gasteiger partial charge on any atom is 0.317 e. The number of likely N-dealkylation sites (tertiary alicyclic amines) is 1. The second-order valence-electron chi connectivity index (χ2n) is 5.69. The Morgan fingerprint density at radius 3 is 2.64 bits per heavy atom. The van der Waals surface area contributed by atoms with Crippen molar-refractivity contribution in [1.82, 2.24) is 25.5 Å². The molecule has 3 rings (SSSR count). The molecule has 118 valence electrons. The third kappa shape index (κ3) is 3.30. The summed E-state index contributed by atoms with van der Waals surface area (Å²) in [5, 5.41) is 6.02. The fraction of sp³-hybridized carbons (Fsp3) is 0.571. The molecule has 0 aromatic carbocycles. The lowest BCUT2D eigenvalue weighted by Gasteiger charge is -2.40. The minimum Gasteiger partial charge on any atom is -0.350 e. The summed E-state index contributed by atoms with van der Waals surface area (Å²) in [5.74, 6) is 0.310. The van der Waals surface area contributed by atoms with Crippen LogP contribution >= 0.6 is 11.6 Å². The molecular weight excluding hydrogens is 306 g/mol. The van der Waals surface area contributed by atoms with Gasteiger partial charge in [0.05, 0.1) is 18.3 Å². The lowest BCUT2D eigenvalue weighted by atomic mass is 9.84. The highest BCUT2D eigenvalue weighted by Gasteiger charge is 2.34. The van der Waals surface area contributed by atoms with Crippen LogP contribution in [0.2, 0.25) is 5.15 Å². The van der Waals surface area contributed by atoms with Gasteiger partial charge in [0.1, 0.15) is 0 Å². The number of aromatic nitrogens is 2. The van der Waals surface area contributed by atoms with E-state index in [1.165, 1.54) is 12.4 Å². The van der Waals surface area contributed by atoms with Crippen molar-refractivity contribution in [3.8, 4) is 0 Å². The summed E-state index contributed by atoms with van der Waals surface area (Å²) < 4.78 is 0. The van der Waals surface area contributed by atoms with E-state index in [-0.39, 0.29) is 35.6 Å². The minimum atomic E-state index is -0.184. The number of halogens is 1. The lowest BCUT2D eigenvalue weighted by Crippen LogP contribution is -2.63. The third-order valence-corrected chi connectivity index (χ3v) is 4.44. The molecule has 1 aliphatic heterocycles. The first-order valence-corrected chi connectivity index (χ1v) is 7.80. The average Bonchev–Trinajstić information content (AvgIpc) is 2.39. The van der Waals surface area contributed by atoms with Gasteiger partial charge in [0.25, 0.3) is 0 Å². The van der Waals surface area contributed by atoms with Gasteiger partial charge in [-0.15, -0.1) is 0 Å². The van der Waals surface area contributed by atoms with E-state index in [0.29, 0.717) is 18.8 Å². The molecule has 0 radical (unpaired) electrons. The third-order valence-electron chi connectivity index (χ3n) is 4.12. The maximum absolute atomic E-state index is 12.0. The zero-order valence-electron chi connectivity index (χ0n) is 12.1. The Morgan fingerprint density at radius 1 is 1.27 bits per heavy atom. The monoisotopic (exact) mass is 323 g/mol. The molecule has 0 unspecified atom stereocenters. The number of nitrogens with zero attached hydrogens (tertiary/aromatic N) is 3. The topological polar surface area (TPSA) is 87.2 Å². The Hall–Kier alpha value is -1.89. The van der Waals surface area contributed by atoms with E-state index in [9.17, 15) is 9.59 Å². The van der Waals surface area contributed by atoms with Gasteiger partial charge in [-0.2, -0.15) is 0 Å². The minimum absolute atomic E-state index is 0.0685. The van der Waals surface area contributed by atoms with E-state index >= 15 is 0 Å². The van der Waals surface area contributed by atoms with Crippen molar-refractivity contribution in [2.24, 2.45) is 5.92 Å². The quantitative estimate of drug-likeness (QED) is 0.863. The van der Waals surface area contributed by atoms with Gasteiger partial charge in [-0.1, -0.05) is 18.0 Å². The lowest BCUT2D eigenvalue weighted by molar-refractivity contribution is -0.129. The smallest absolute Gasteiger partial charge is 0.317 e. The average molecular weight is 324 g/mol. The molecule has 8 heteroatoms. The summed E-state index contributed by atoms with van der Waals surface area (Å²) in [6.07, 6.45) is 6.15. The van der Waals surface area contributed by atoms with Gasteiger partial charge in [0.15, 0.2) is 5.15 Å². The van der Waals surface area contributed by atoms with E-state index in [0.717, 1.165) is 19.3 Å². The summed E-state index contributed by atoms with van der Waals surface area (Å²) in [7, 11) is 0. The second kappa shape index (κ2) is 6.48. The predicted octanol–water partition coefficient (Wildman–Crippen LogP) is 0.940. The van der Waals surface area contributed by atoms with Crippen LogP contribution in [-0.4, -0.2) is 45.9 Å². The van der Waals surface area contributed by atoms with Gasteiger partial charge in [-0.25, -0.2) is 9.78 Å². The zero-order chi connectivity index (χ0) is 15.5. The van der Waals surface area contributed by atoms with Crippen LogP contribution in [-0.2, 0) is 11.3 Å². The van der Waals surface area contributed by atoms with E-state index in [1.54, 1.807) is 4.90 Å². The van der Waals surface area contributed by atoms with Crippen LogP contribution in [0, 0.1) is 5.92 Å². The van der Waals surface area contributed by atoms with Gasteiger partial charge in [0, 0.05) is 31.4 Å². The standard InChI is InChI=1S/C14H18ClN5O2/c15-12-11(16-4-5-17-12)6-18-14(22)20-7-10(8-20)19-13(21)9-2-1-3-9/h4-5,9-10H,1-3,6-8H2,(H,18,22)(H,19,21). The first-order chi connectivity index (χ1) is 10.6. The highest BCUT2D eigenvalue weighted by atomic mass is 35.5. The Bertz CT molecular complexity index is 572. The number of carbonyl (C=O) groups is 2. The molecule has 2 fully saturated rings. The van der Waals surface area contributed by atoms with Crippen LogP contribution in [0.4, 0.5) is 4.79 Å². The van der Waals surface area contributed by atoms with Crippen molar-refractivity contribution in [3.05, 3.63) is 23.2 Å². The molecule has 0 atom stereocenters. The Labute approximate surface area is 133 Å². The van der Waals surface area contributed by atoms with Gasteiger partial charge in [-0.3, -0.25) is 9.78 Å². The molecule has 1 aromatic heterocycles. The van der Waals surface area contributed by atoms with E-state index < -0.39 is 0 Å². The molecule has 2 N–H and O–H groups in total. The van der Waals surface area contributed by atoms with Crippen molar-refractivity contribution in [2.75, 3.05) is 13.1 Å². The molecule has 3 amide bonds. The molecule has 22 heavy (non-hydrogen) atoms. The van der Waals surface area contributed by atoms with Crippen LogP contribution in [0.5, 0.6) is 0 Å². The molecule has 1 saturated heterocycles. The van der Waals surface area contributed by atoms with Crippen molar-refractivity contribution < 1.29 is 9.59 Å². The molecule has 1 saturated carbocycles. The summed E-state index contributed by atoms with van der Waals surface area (Å²) >= 11 is 5.88. The number of nitrogens with one attached hydrogen (secondary N) is 2. The number of rotatable bonds is 4. The van der Waals surface area contributed by atoms with E-state index in [4.69, 9.17) is 11.6 Å². The van der Waals surface area contributed by atoms with Gasteiger partial charge < -0.3 is 15.5 Å². The van der Waals surface area contributed by atoms with Crippen LogP contribution in [0.3, 0.4) is 0 Å². The normalized spacial score (nSPS) is 18.3. The molecule has 7 nitrogen and oxygen atoms in total. The summed E-state index contributed by atoms with van der Waals surface area (Å²) in [5.41, 5.74) is 0.535. The molecule has 2 heterocycles. The van der Waals surface area contributed by atoms with Crippen molar-refractivity contribution in [2.45, 2.75) is 31.8 Å². The van der Waals surface area contributed by atoms with Gasteiger partial charge in [-0.05, 0) is 12.8 Å². The molecule has 2 aliphatic rings. The molecule has 1 aromatic rings. The summed E-state index contributed by atoms with van der Waals surface area (Å²) in [6.45, 7) is 1.32. The molecule has 0 spiro atoms. The largest absolute Gasteiger partial charge is 0.350 e. The SMILES string of the molecule is O=C(NC1CN(C(=O)NCc2nccnc2Cl)C1)C1CCC1. The highest BCUT2D eigenvalue weighted by molar-refractivity contribution is 6.29. The fourth-order valence-electron chi connectivity index (χ4n) is 2.46. The Balaban J connectivity index is 1.38. The Morgan fingerprint density at radius 2 is 2.00 bits per heavy atom. The highest BCUT2D eigenvalue weighted by Crippen LogP contribution is 2.26. The zero-order valence-corrected chi connectivity index (χ0v) is 12.8. The van der Waals surface area contributed by atoms with Crippen molar-refractivity contribution >= 4 is 23.5 Å². The van der Waals surface area contributed by atoms with Crippen LogP contribution in [0.1, 0.15) is 25.0 Å². The number of carbonyl (C=O) groups excluding carboxylic acids is 2. The molecule has 1 aliphatic carbocycles. The summed E-state index contributed by atoms with van der Waals surface area (Å²) in [4.78, 5) is 33.4.